The van der Waals surface area contributed by atoms with Crippen LogP contribution in [0, 0.1) is 12.7 Å². The summed E-state index contributed by atoms with van der Waals surface area (Å²) in [5.41, 5.74) is 0.0288. The van der Waals surface area contributed by atoms with Gasteiger partial charge in [-0.25, -0.2) is 9.18 Å². The zero-order valence-corrected chi connectivity index (χ0v) is 10.6. The lowest BCUT2D eigenvalue weighted by atomic mass is 10.2. The average Bonchev–Trinajstić information content (AvgIpc) is 2.82. The van der Waals surface area contributed by atoms with E-state index in [0.29, 0.717) is 5.56 Å². The minimum absolute atomic E-state index is 0.0382. The third-order valence-electron chi connectivity index (χ3n) is 2.32. The Morgan fingerprint density at radius 2 is 2.33 bits per heavy atom. The van der Waals surface area contributed by atoms with E-state index in [9.17, 15) is 14.0 Å². The van der Waals surface area contributed by atoms with E-state index in [-0.39, 0.29) is 23.0 Å². The molecular formula is C11H11FN2O3S. The fraction of sp³-hybridized carbons (Fsp3) is 0.273. The number of amides is 1. The summed E-state index contributed by atoms with van der Waals surface area (Å²) in [7, 11) is 0. The molecule has 0 aromatic carbocycles. The summed E-state index contributed by atoms with van der Waals surface area (Å²) >= 11 is 1.15. The van der Waals surface area contributed by atoms with E-state index in [0.717, 1.165) is 16.1 Å². The lowest BCUT2D eigenvalue weighted by molar-refractivity contribution is -0.119. The van der Waals surface area contributed by atoms with Gasteiger partial charge in [0, 0.05) is 6.92 Å². The first-order valence-electron chi connectivity index (χ1n) is 5.18. The molecule has 0 aliphatic rings. The van der Waals surface area contributed by atoms with Gasteiger partial charge in [0.25, 0.3) is 0 Å². The van der Waals surface area contributed by atoms with E-state index in [1.807, 2.05) is 0 Å². The third-order valence-corrected chi connectivity index (χ3v) is 3.43. The fourth-order valence-corrected chi connectivity index (χ4v) is 2.33. The Labute approximate surface area is 106 Å². The monoisotopic (exact) mass is 270 g/mol. The minimum atomic E-state index is -0.624. The number of nitrogens with one attached hydrogen (secondary N) is 1. The molecular weight excluding hydrogens is 259 g/mol. The third kappa shape index (κ3) is 2.35. The van der Waals surface area contributed by atoms with Crippen molar-refractivity contribution < 1.29 is 13.7 Å². The van der Waals surface area contributed by atoms with Gasteiger partial charge in [0.05, 0.1) is 11.1 Å². The summed E-state index contributed by atoms with van der Waals surface area (Å²) < 4.78 is 19.7. The maximum Gasteiger partial charge on any atom is 0.366 e. The molecule has 0 spiro atoms. The first-order valence-corrected chi connectivity index (χ1v) is 6.06. The van der Waals surface area contributed by atoms with Gasteiger partial charge in [-0.3, -0.25) is 4.79 Å². The highest BCUT2D eigenvalue weighted by Gasteiger charge is 2.17. The largest absolute Gasteiger partial charge is 0.366 e. The van der Waals surface area contributed by atoms with Crippen LogP contribution in [0.25, 0.3) is 10.4 Å². The quantitative estimate of drug-likeness (QED) is 0.923. The van der Waals surface area contributed by atoms with Gasteiger partial charge in [-0.1, -0.05) is 0 Å². The number of thiophene rings is 1. The zero-order valence-electron chi connectivity index (χ0n) is 9.82. The van der Waals surface area contributed by atoms with Gasteiger partial charge in [-0.2, -0.15) is 4.74 Å². The van der Waals surface area contributed by atoms with Crippen LogP contribution in [-0.4, -0.2) is 10.6 Å². The Morgan fingerprint density at radius 1 is 1.61 bits per heavy atom. The summed E-state index contributed by atoms with van der Waals surface area (Å²) in [5.74, 6) is -0.657. The lowest BCUT2D eigenvalue weighted by Gasteiger charge is -1.99. The maximum atomic E-state index is 13.7. The zero-order chi connectivity index (χ0) is 13.3. The molecule has 2 aromatic heterocycles. The van der Waals surface area contributed by atoms with Gasteiger partial charge in [-0.05, 0) is 17.9 Å². The van der Waals surface area contributed by atoms with Gasteiger partial charge in [0.2, 0.25) is 5.91 Å². The summed E-state index contributed by atoms with van der Waals surface area (Å²) in [6.45, 7) is 3.02. The fourth-order valence-electron chi connectivity index (χ4n) is 1.41. The van der Waals surface area contributed by atoms with Crippen LogP contribution in [0.1, 0.15) is 12.5 Å². The molecule has 5 nitrogen and oxygen atoms in total. The molecule has 0 atom stereocenters. The number of hydrogen-bond donors (Lipinski definition) is 1. The Morgan fingerprint density at radius 3 is 2.89 bits per heavy atom. The second-order valence-electron chi connectivity index (χ2n) is 3.79. The Balaban J connectivity index is 2.32. The molecule has 2 aromatic rings. The number of aromatic nitrogens is 1. The Hall–Kier alpha value is -1.89. The molecule has 96 valence electrons. The van der Waals surface area contributed by atoms with Crippen LogP contribution in [0.4, 0.5) is 4.39 Å². The highest BCUT2D eigenvalue weighted by atomic mass is 32.1. The van der Waals surface area contributed by atoms with Crippen molar-refractivity contribution in [3.05, 3.63) is 33.4 Å². The molecule has 0 aliphatic heterocycles. The van der Waals surface area contributed by atoms with Crippen molar-refractivity contribution in [1.29, 1.82) is 0 Å². The number of rotatable bonds is 3. The number of nitrogens with zero attached hydrogens (tertiary/aromatic N) is 1. The molecule has 7 heteroatoms. The number of aryl methyl sites for hydroxylation is 1. The SMILES string of the molecule is CC(=O)NCn1cc(-c2scc(C)c2F)c(=O)o1. The summed E-state index contributed by atoms with van der Waals surface area (Å²) in [4.78, 5) is 22.6. The van der Waals surface area contributed by atoms with Crippen molar-refractivity contribution >= 4 is 17.2 Å². The van der Waals surface area contributed by atoms with Crippen molar-refractivity contribution in [3.63, 3.8) is 0 Å². The maximum absolute atomic E-state index is 13.7. The number of carbonyl (C=O) groups excluding carboxylic acids is 1. The second-order valence-corrected chi connectivity index (χ2v) is 4.67. The van der Waals surface area contributed by atoms with Gasteiger partial charge >= 0.3 is 5.63 Å². The minimum Gasteiger partial charge on any atom is -0.336 e. The molecule has 0 aliphatic carbocycles. The smallest absolute Gasteiger partial charge is 0.336 e. The van der Waals surface area contributed by atoms with Gasteiger partial charge in [0.15, 0.2) is 0 Å². The number of halogens is 1. The normalized spacial score (nSPS) is 10.6. The molecule has 1 amide bonds. The summed E-state index contributed by atoms with van der Waals surface area (Å²) in [6, 6.07) is 0. The number of hydrogen-bond acceptors (Lipinski definition) is 4. The van der Waals surface area contributed by atoms with E-state index in [2.05, 4.69) is 5.32 Å². The van der Waals surface area contributed by atoms with Gasteiger partial charge in [0.1, 0.15) is 18.0 Å². The molecule has 1 N–H and O–H groups in total. The van der Waals surface area contributed by atoms with Gasteiger partial charge in [-0.15, -0.1) is 11.3 Å². The van der Waals surface area contributed by atoms with Crippen LogP contribution in [0.15, 0.2) is 20.9 Å². The van der Waals surface area contributed by atoms with Crippen molar-refractivity contribution in [3.8, 4) is 10.4 Å². The van der Waals surface area contributed by atoms with Crippen molar-refractivity contribution in [2.24, 2.45) is 0 Å². The van der Waals surface area contributed by atoms with E-state index < -0.39 is 11.4 Å². The second kappa shape index (κ2) is 4.77. The van der Waals surface area contributed by atoms with Crippen LogP contribution >= 0.6 is 11.3 Å². The molecule has 18 heavy (non-hydrogen) atoms. The highest BCUT2D eigenvalue weighted by Crippen LogP contribution is 2.29. The molecule has 0 fully saturated rings. The van der Waals surface area contributed by atoms with Crippen LogP contribution in [0.3, 0.4) is 0 Å². The molecule has 0 saturated carbocycles. The first kappa shape index (κ1) is 12.6. The van der Waals surface area contributed by atoms with Gasteiger partial charge < -0.3 is 9.84 Å². The van der Waals surface area contributed by atoms with Crippen LogP contribution in [-0.2, 0) is 11.5 Å². The lowest BCUT2D eigenvalue weighted by Crippen LogP contribution is -2.22. The standard InChI is InChI=1S/C11H11FN2O3S/c1-6-4-18-10(9(6)12)8-3-14(17-11(8)16)5-13-7(2)15/h3-4H,5H2,1-2H3,(H,13,15). The van der Waals surface area contributed by atoms with Crippen LogP contribution in [0.5, 0.6) is 0 Å². The summed E-state index contributed by atoms with van der Waals surface area (Å²) in [6.07, 6.45) is 1.38. The van der Waals surface area contributed by atoms with Crippen molar-refractivity contribution in [2.45, 2.75) is 20.5 Å². The van der Waals surface area contributed by atoms with Crippen LogP contribution in [0.2, 0.25) is 0 Å². The first-order chi connectivity index (χ1) is 8.49. The Bertz CT molecular complexity index is 641. The molecule has 0 radical (unpaired) electrons. The molecule has 2 rings (SSSR count). The van der Waals surface area contributed by atoms with E-state index in [1.165, 1.54) is 13.1 Å². The summed E-state index contributed by atoms with van der Waals surface area (Å²) in [5, 5.41) is 4.11. The van der Waals surface area contributed by atoms with E-state index in [1.54, 1.807) is 12.3 Å². The molecule has 2 heterocycles. The van der Waals surface area contributed by atoms with Crippen molar-refractivity contribution in [1.82, 2.24) is 10.1 Å². The molecule has 0 saturated heterocycles. The topological polar surface area (TPSA) is 64.2 Å². The Kier molecular flexibility index (Phi) is 3.33. The average molecular weight is 270 g/mol. The number of carbonyl (C=O) groups is 1. The molecule has 0 bridgehead atoms. The molecule has 0 unspecified atom stereocenters. The van der Waals surface area contributed by atoms with Crippen molar-refractivity contribution in [2.75, 3.05) is 0 Å². The predicted octanol–water partition coefficient (Wildman–Crippen LogP) is 1.71. The van der Waals surface area contributed by atoms with E-state index >= 15 is 0 Å². The predicted molar refractivity (Wildman–Crippen MR) is 64.8 cm³/mol. The highest BCUT2D eigenvalue weighted by molar-refractivity contribution is 7.13. The van der Waals surface area contributed by atoms with Crippen LogP contribution < -0.4 is 10.9 Å². The van der Waals surface area contributed by atoms with E-state index in [4.69, 9.17) is 4.52 Å².